The molecule has 8 nitrogen and oxygen atoms in total. The molecular formula is C17H23N5O3. The van der Waals surface area contributed by atoms with Gasteiger partial charge in [-0.2, -0.15) is 4.98 Å². The smallest absolute Gasteiger partial charge is 0.318 e. The van der Waals surface area contributed by atoms with Crippen LogP contribution in [0.1, 0.15) is 18.9 Å². The van der Waals surface area contributed by atoms with Crippen molar-refractivity contribution in [2.24, 2.45) is 0 Å². The van der Waals surface area contributed by atoms with Crippen molar-refractivity contribution in [1.82, 2.24) is 25.3 Å². The number of piperazine rings is 1. The van der Waals surface area contributed by atoms with Crippen molar-refractivity contribution in [1.29, 1.82) is 0 Å². The van der Waals surface area contributed by atoms with Crippen LogP contribution in [-0.2, 0) is 0 Å². The van der Waals surface area contributed by atoms with Gasteiger partial charge >= 0.3 is 6.03 Å². The zero-order valence-corrected chi connectivity index (χ0v) is 14.3. The molecule has 25 heavy (non-hydrogen) atoms. The summed E-state index contributed by atoms with van der Waals surface area (Å²) in [6.07, 6.45) is 0. The van der Waals surface area contributed by atoms with Crippen LogP contribution in [0.4, 0.5) is 4.79 Å². The maximum absolute atomic E-state index is 12.4. The van der Waals surface area contributed by atoms with Gasteiger partial charge in [-0.25, -0.2) is 4.79 Å². The molecule has 2 aromatic rings. The van der Waals surface area contributed by atoms with Gasteiger partial charge in [-0.15, -0.1) is 0 Å². The van der Waals surface area contributed by atoms with Gasteiger partial charge in [0.2, 0.25) is 11.7 Å². The molecule has 134 valence electrons. The minimum atomic E-state index is -0.368. The molecule has 1 aromatic heterocycles. The molecule has 0 aliphatic carbocycles. The Hall–Kier alpha value is -2.45. The minimum absolute atomic E-state index is 0.143. The number of urea groups is 1. The molecule has 0 radical (unpaired) electrons. The summed E-state index contributed by atoms with van der Waals surface area (Å²) in [5, 5.41) is 15.8. The van der Waals surface area contributed by atoms with Gasteiger partial charge in [0.15, 0.2) is 0 Å². The number of hydrogen-bond acceptors (Lipinski definition) is 6. The Morgan fingerprint density at radius 3 is 2.68 bits per heavy atom. The number of aliphatic hydroxyl groups is 1. The van der Waals surface area contributed by atoms with Gasteiger partial charge in [-0.05, 0) is 6.92 Å². The molecule has 8 heteroatoms. The number of hydrogen-bond donors (Lipinski definition) is 2. The first-order valence-corrected chi connectivity index (χ1v) is 8.45. The zero-order chi connectivity index (χ0) is 17.6. The molecule has 1 saturated heterocycles. The summed E-state index contributed by atoms with van der Waals surface area (Å²) in [6, 6.07) is 9.05. The lowest BCUT2D eigenvalue weighted by Gasteiger charge is -2.34. The molecule has 0 saturated carbocycles. The molecule has 1 atom stereocenters. The molecule has 2 N–H and O–H groups in total. The van der Waals surface area contributed by atoms with E-state index >= 15 is 0 Å². The van der Waals surface area contributed by atoms with E-state index in [0.717, 1.165) is 18.7 Å². The van der Waals surface area contributed by atoms with Crippen LogP contribution >= 0.6 is 0 Å². The van der Waals surface area contributed by atoms with Crippen LogP contribution in [0.3, 0.4) is 0 Å². The lowest BCUT2D eigenvalue weighted by atomic mass is 10.2. The third-order valence-electron chi connectivity index (χ3n) is 4.26. The van der Waals surface area contributed by atoms with E-state index in [1.807, 2.05) is 37.3 Å². The monoisotopic (exact) mass is 345 g/mol. The molecule has 1 aliphatic heterocycles. The maximum Gasteiger partial charge on any atom is 0.318 e. The number of nitrogens with zero attached hydrogens (tertiary/aromatic N) is 4. The normalized spacial score (nSPS) is 16.6. The van der Waals surface area contributed by atoms with Gasteiger partial charge in [0.1, 0.15) is 6.04 Å². The second-order valence-electron chi connectivity index (χ2n) is 6.05. The van der Waals surface area contributed by atoms with Gasteiger partial charge < -0.3 is 19.8 Å². The molecule has 2 heterocycles. The van der Waals surface area contributed by atoms with E-state index in [1.165, 1.54) is 0 Å². The number of carbonyl (C=O) groups excluding carboxylic acids is 1. The number of aliphatic hydroxyl groups excluding tert-OH is 1. The van der Waals surface area contributed by atoms with Crippen LogP contribution in [0.2, 0.25) is 0 Å². The number of amides is 2. The highest BCUT2D eigenvalue weighted by Crippen LogP contribution is 2.18. The molecule has 3 rings (SSSR count). The Balaban J connectivity index is 1.55. The van der Waals surface area contributed by atoms with Crippen LogP contribution in [-0.4, -0.2) is 70.4 Å². The fraction of sp³-hybridized carbons (Fsp3) is 0.471. The highest BCUT2D eigenvalue weighted by atomic mass is 16.5. The Bertz CT molecular complexity index is 683. The molecule has 2 amide bonds. The largest absolute Gasteiger partial charge is 0.395 e. The Kier molecular flexibility index (Phi) is 5.62. The van der Waals surface area contributed by atoms with Gasteiger partial charge in [0.05, 0.1) is 6.61 Å². The molecule has 1 unspecified atom stereocenters. The predicted molar refractivity (Wildman–Crippen MR) is 91.8 cm³/mol. The third-order valence-corrected chi connectivity index (χ3v) is 4.26. The summed E-state index contributed by atoms with van der Waals surface area (Å²) in [5.41, 5.74) is 0.871. The van der Waals surface area contributed by atoms with Crippen LogP contribution in [0.5, 0.6) is 0 Å². The second-order valence-corrected chi connectivity index (χ2v) is 6.05. The first-order valence-electron chi connectivity index (χ1n) is 8.45. The Morgan fingerprint density at radius 1 is 1.28 bits per heavy atom. The summed E-state index contributed by atoms with van der Waals surface area (Å²) in [5.74, 6) is 0.889. The van der Waals surface area contributed by atoms with Gasteiger partial charge in [-0.3, -0.25) is 4.90 Å². The molecule has 0 spiro atoms. The van der Waals surface area contributed by atoms with Gasteiger partial charge in [-0.1, -0.05) is 35.5 Å². The van der Waals surface area contributed by atoms with Crippen molar-refractivity contribution in [3.05, 3.63) is 36.2 Å². The summed E-state index contributed by atoms with van der Waals surface area (Å²) < 4.78 is 5.29. The molecule has 1 fully saturated rings. The number of nitrogens with one attached hydrogen (secondary N) is 1. The predicted octanol–water partition coefficient (Wildman–Crippen LogP) is 1.12. The lowest BCUT2D eigenvalue weighted by molar-refractivity contribution is 0.120. The second kappa shape index (κ2) is 8.09. The van der Waals surface area contributed by atoms with Crippen LogP contribution in [0.15, 0.2) is 34.9 Å². The van der Waals surface area contributed by atoms with Crippen molar-refractivity contribution >= 4 is 6.03 Å². The van der Waals surface area contributed by atoms with E-state index in [4.69, 9.17) is 9.63 Å². The fourth-order valence-corrected chi connectivity index (χ4v) is 2.77. The third kappa shape index (κ3) is 4.34. The SMILES string of the molecule is CC(NC(=O)N1CCN(CCO)CC1)c1nc(-c2ccccc2)no1. The van der Waals surface area contributed by atoms with Crippen molar-refractivity contribution < 1.29 is 14.4 Å². The van der Waals surface area contributed by atoms with Crippen molar-refractivity contribution in [3.8, 4) is 11.4 Å². The number of aromatic nitrogens is 2. The standard InChI is InChI=1S/C17H23N5O3/c1-13(16-19-15(20-25-16)14-5-3-2-4-6-14)18-17(24)22-9-7-21(8-10-22)11-12-23/h2-6,13,23H,7-12H2,1H3,(H,18,24). The summed E-state index contributed by atoms with van der Waals surface area (Å²) in [7, 11) is 0. The zero-order valence-electron chi connectivity index (χ0n) is 14.3. The topological polar surface area (TPSA) is 94.7 Å². The number of β-amino-alcohol motifs (C(OH)–C–C–N with tert-alkyl or cyclic N) is 1. The molecular weight excluding hydrogens is 322 g/mol. The molecule has 0 bridgehead atoms. The van der Waals surface area contributed by atoms with Crippen molar-refractivity contribution in [2.45, 2.75) is 13.0 Å². The summed E-state index contributed by atoms with van der Waals surface area (Å²) in [4.78, 5) is 20.6. The first kappa shape index (κ1) is 17.4. The minimum Gasteiger partial charge on any atom is -0.395 e. The van der Waals surface area contributed by atoms with E-state index in [9.17, 15) is 4.79 Å². The highest BCUT2D eigenvalue weighted by molar-refractivity contribution is 5.74. The highest BCUT2D eigenvalue weighted by Gasteiger charge is 2.24. The van der Waals surface area contributed by atoms with E-state index in [0.29, 0.717) is 31.3 Å². The van der Waals surface area contributed by atoms with Gasteiger partial charge in [0.25, 0.3) is 0 Å². The quantitative estimate of drug-likeness (QED) is 0.843. The number of rotatable bonds is 5. The van der Waals surface area contributed by atoms with Crippen LogP contribution in [0, 0.1) is 0 Å². The maximum atomic E-state index is 12.4. The lowest BCUT2D eigenvalue weighted by Crippen LogP contribution is -2.52. The Labute approximate surface area is 146 Å². The van der Waals surface area contributed by atoms with Crippen molar-refractivity contribution in [3.63, 3.8) is 0 Å². The van der Waals surface area contributed by atoms with Crippen molar-refractivity contribution in [2.75, 3.05) is 39.3 Å². The Morgan fingerprint density at radius 2 is 2.00 bits per heavy atom. The van der Waals surface area contributed by atoms with Gasteiger partial charge in [0, 0.05) is 38.3 Å². The number of benzene rings is 1. The molecule has 1 aliphatic rings. The average Bonchev–Trinajstić information content (AvgIpc) is 3.13. The summed E-state index contributed by atoms with van der Waals surface area (Å²) in [6.45, 7) is 5.42. The first-order chi connectivity index (χ1) is 12.2. The molecule has 1 aromatic carbocycles. The van der Waals surface area contributed by atoms with E-state index in [-0.39, 0.29) is 18.7 Å². The van der Waals surface area contributed by atoms with E-state index in [1.54, 1.807) is 4.90 Å². The van der Waals surface area contributed by atoms with Crippen LogP contribution < -0.4 is 5.32 Å². The van der Waals surface area contributed by atoms with E-state index < -0.39 is 0 Å². The average molecular weight is 345 g/mol. The summed E-state index contributed by atoms with van der Waals surface area (Å²) >= 11 is 0. The van der Waals surface area contributed by atoms with E-state index in [2.05, 4.69) is 20.4 Å². The van der Waals surface area contributed by atoms with Crippen LogP contribution in [0.25, 0.3) is 11.4 Å². The number of carbonyl (C=O) groups is 1. The fourth-order valence-electron chi connectivity index (χ4n) is 2.77.